The van der Waals surface area contributed by atoms with Gasteiger partial charge in [0.15, 0.2) is 0 Å². The third-order valence-corrected chi connectivity index (χ3v) is 1.19. The van der Waals surface area contributed by atoms with E-state index >= 15 is 0 Å². The molecule has 7 heavy (non-hydrogen) atoms. The number of rotatable bonds is 1. The number of amides is 1. The average molecular weight is 135 g/mol. The van der Waals surface area contributed by atoms with Crippen molar-refractivity contribution in [3.8, 4) is 0 Å². The van der Waals surface area contributed by atoms with Crippen molar-refractivity contribution < 1.29 is 4.79 Å². The molecule has 0 atom stereocenters. The Bertz CT molecular complexity index is 110. The SMILES string of the molecule is NC(=O)/C(S)=C/S. The van der Waals surface area contributed by atoms with Gasteiger partial charge >= 0.3 is 0 Å². The first-order chi connectivity index (χ1) is 3.18. The Kier molecular flexibility index (Phi) is 2.95. The summed E-state index contributed by atoms with van der Waals surface area (Å²) in [6, 6.07) is 0. The third-order valence-electron chi connectivity index (χ3n) is 0.375. The number of carbonyl (C=O) groups is 1. The van der Waals surface area contributed by atoms with Crippen LogP contribution in [0.5, 0.6) is 0 Å². The van der Waals surface area contributed by atoms with Crippen LogP contribution in [-0.4, -0.2) is 5.91 Å². The van der Waals surface area contributed by atoms with Gasteiger partial charge in [-0.3, -0.25) is 4.79 Å². The van der Waals surface area contributed by atoms with Crippen LogP contribution in [0.15, 0.2) is 10.3 Å². The van der Waals surface area contributed by atoms with E-state index < -0.39 is 5.91 Å². The lowest BCUT2D eigenvalue weighted by Gasteiger charge is -1.84. The molecule has 4 heteroatoms. The van der Waals surface area contributed by atoms with Crippen LogP contribution >= 0.6 is 25.3 Å². The summed E-state index contributed by atoms with van der Waals surface area (Å²) in [5, 5.41) is 1.24. The summed E-state index contributed by atoms with van der Waals surface area (Å²) < 4.78 is 0. The molecule has 0 bridgehead atoms. The molecule has 1 amide bonds. The monoisotopic (exact) mass is 135 g/mol. The summed E-state index contributed by atoms with van der Waals surface area (Å²) in [5.74, 6) is -0.557. The van der Waals surface area contributed by atoms with E-state index in [0.717, 1.165) is 0 Å². The van der Waals surface area contributed by atoms with Gasteiger partial charge in [0.25, 0.3) is 5.91 Å². The van der Waals surface area contributed by atoms with Gasteiger partial charge in [-0.25, -0.2) is 0 Å². The summed E-state index contributed by atoms with van der Waals surface area (Å²) in [7, 11) is 0. The summed E-state index contributed by atoms with van der Waals surface area (Å²) in [5.41, 5.74) is 4.71. The van der Waals surface area contributed by atoms with Crippen LogP contribution in [0.3, 0.4) is 0 Å². The van der Waals surface area contributed by atoms with E-state index in [-0.39, 0.29) is 4.91 Å². The predicted molar refractivity (Wildman–Crippen MR) is 35.2 cm³/mol. The molecule has 0 radical (unpaired) electrons. The van der Waals surface area contributed by atoms with Crippen molar-refractivity contribution in [2.24, 2.45) is 5.73 Å². The number of primary amides is 1. The Balaban J connectivity index is 3.82. The number of thiol groups is 2. The molecular weight excluding hydrogens is 130 g/mol. The number of carbonyl (C=O) groups excluding carboxylic acids is 1. The van der Waals surface area contributed by atoms with Crippen LogP contribution in [-0.2, 0) is 4.79 Å². The molecule has 0 aliphatic rings. The van der Waals surface area contributed by atoms with Gasteiger partial charge < -0.3 is 5.73 Å². The summed E-state index contributed by atoms with van der Waals surface area (Å²) in [6.07, 6.45) is 0. The minimum absolute atomic E-state index is 0.170. The Labute approximate surface area is 52.6 Å². The van der Waals surface area contributed by atoms with Gasteiger partial charge in [-0.1, -0.05) is 0 Å². The van der Waals surface area contributed by atoms with Crippen molar-refractivity contribution >= 4 is 31.2 Å². The second-order valence-corrected chi connectivity index (χ2v) is 1.62. The van der Waals surface area contributed by atoms with E-state index in [9.17, 15) is 4.79 Å². The van der Waals surface area contributed by atoms with Gasteiger partial charge in [0.2, 0.25) is 0 Å². The molecule has 40 valence electrons. The van der Waals surface area contributed by atoms with Gasteiger partial charge in [0, 0.05) is 0 Å². The van der Waals surface area contributed by atoms with Crippen molar-refractivity contribution in [1.82, 2.24) is 0 Å². The standard InChI is InChI=1S/C3H5NOS2/c4-3(5)2(7)1-6/h1,6-7H,(H2,4,5)/b2-1-. The van der Waals surface area contributed by atoms with Crippen LogP contribution in [0, 0.1) is 0 Å². The highest BCUT2D eigenvalue weighted by molar-refractivity contribution is 7.88. The maximum Gasteiger partial charge on any atom is 0.255 e. The lowest BCUT2D eigenvalue weighted by Crippen LogP contribution is -2.09. The Hall–Kier alpha value is -0.0900. The molecule has 0 aromatic heterocycles. The molecule has 0 saturated carbocycles. The molecule has 2 nitrogen and oxygen atoms in total. The number of nitrogens with two attached hydrogens (primary N) is 1. The summed E-state index contributed by atoms with van der Waals surface area (Å²) in [4.78, 5) is 10.1. The minimum atomic E-state index is -0.557. The zero-order valence-corrected chi connectivity index (χ0v) is 5.25. The Morgan fingerprint density at radius 3 is 2.14 bits per heavy atom. The first kappa shape index (κ1) is 6.91. The highest BCUT2D eigenvalue weighted by Crippen LogP contribution is 1.98. The summed E-state index contributed by atoms with van der Waals surface area (Å²) in [6.45, 7) is 0. The average Bonchev–Trinajstić information content (AvgIpc) is 1.65. The third kappa shape index (κ3) is 2.59. The first-order valence-electron chi connectivity index (χ1n) is 1.51. The van der Waals surface area contributed by atoms with E-state index in [4.69, 9.17) is 5.73 Å². The van der Waals surface area contributed by atoms with Crippen LogP contribution in [0.1, 0.15) is 0 Å². The smallest absolute Gasteiger partial charge is 0.255 e. The van der Waals surface area contributed by atoms with Crippen LogP contribution in [0.25, 0.3) is 0 Å². The van der Waals surface area contributed by atoms with Crippen molar-refractivity contribution in [2.75, 3.05) is 0 Å². The normalized spacial score (nSPS) is 11.4. The fraction of sp³-hybridized carbons (Fsp3) is 0. The van der Waals surface area contributed by atoms with Crippen LogP contribution in [0.2, 0.25) is 0 Å². The van der Waals surface area contributed by atoms with Crippen molar-refractivity contribution in [3.05, 3.63) is 10.3 Å². The molecular formula is C3H5NOS2. The second kappa shape index (κ2) is 2.98. The maximum atomic E-state index is 9.96. The molecule has 0 saturated heterocycles. The fourth-order valence-corrected chi connectivity index (χ4v) is 0.191. The molecule has 0 aliphatic heterocycles. The lowest BCUT2D eigenvalue weighted by atomic mass is 10.6. The molecule has 0 rings (SSSR count). The second-order valence-electron chi connectivity index (χ2n) is 0.879. The van der Waals surface area contributed by atoms with E-state index in [1.807, 2.05) is 0 Å². The van der Waals surface area contributed by atoms with Crippen LogP contribution < -0.4 is 5.73 Å². The molecule has 0 heterocycles. The zero-order chi connectivity index (χ0) is 5.86. The van der Waals surface area contributed by atoms with E-state index in [1.54, 1.807) is 0 Å². The molecule has 2 N–H and O–H groups in total. The summed E-state index contributed by atoms with van der Waals surface area (Å²) >= 11 is 7.25. The number of hydrogen-bond acceptors (Lipinski definition) is 3. The molecule has 0 spiro atoms. The molecule has 0 aromatic rings. The Morgan fingerprint density at radius 2 is 2.14 bits per heavy atom. The Morgan fingerprint density at radius 1 is 1.71 bits per heavy atom. The van der Waals surface area contributed by atoms with Crippen molar-refractivity contribution in [3.63, 3.8) is 0 Å². The van der Waals surface area contributed by atoms with Gasteiger partial charge in [0.05, 0.1) is 4.91 Å². The van der Waals surface area contributed by atoms with Gasteiger partial charge in [-0.2, -0.15) is 12.6 Å². The zero-order valence-electron chi connectivity index (χ0n) is 3.46. The maximum absolute atomic E-state index is 9.96. The van der Waals surface area contributed by atoms with E-state index in [0.29, 0.717) is 0 Å². The minimum Gasteiger partial charge on any atom is -0.365 e. The lowest BCUT2D eigenvalue weighted by molar-refractivity contribution is -0.113. The van der Waals surface area contributed by atoms with Crippen molar-refractivity contribution in [2.45, 2.75) is 0 Å². The largest absolute Gasteiger partial charge is 0.365 e. The first-order valence-corrected chi connectivity index (χ1v) is 2.48. The van der Waals surface area contributed by atoms with E-state index in [2.05, 4.69) is 25.3 Å². The highest BCUT2D eigenvalue weighted by atomic mass is 32.1. The van der Waals surface area contributed by atoms with Gasteiger partial charge in [0.1, 0.15) is 0 Å². The highest BCUT2D eigenvalue weighted by Gasteiger charge is 1.92. The predicted octanol–water partition coefficient (Wildman–Crippen LogP) is 0.173. The molecule has 0 unspecified atom stereocenters. The van der Waals surface area contributed by atoms with Crippen molar-refractivity contribution in [1.29, 1.82) is 0 Å². The molecule has 0 aromatic carbocycles. The molecule has 0 aliphatic carbocycles. The van der Waals surface area contributed by atoms with Gasteiger partial charge in [-0.15, -0.1) is 12.6 Å². The molecule has 0 fully saturated rings. The van der Waals surface area contributed by atoms with Gasteiger partial charge in [-0.05, 0) is 5.41 Å². The van der Waals surface area contributed by atoms with Crippen LogP contribution in [0.4, 0.5) is 0 Å². The number of hydrogen-bond donors (Lipinski definition) is 3. The van der Waals surface area contributed by atoms with E-state index in [1.165, 1.54) is 5.41 Å². The fourth-order valence-electron chi connectivity index (χ4n) is 0.0636. The quantitative estimate of drug-likeness (QED) is 0.348. The topological polar surface area (TPSA) is 43.1 Å².